The zero-order valence-electron chi connectivity index (χ0n) is 13.0. The van der Waals surface area contributed by atoms with Gasteiger partial charge in [0, 0.05) is 6.07 Å². The van der Waals surface area contributed by atoms with Gasteiger partial charge in [-0.3, -0.25) is 0 Å². The Morgan fingerprint density at radius 1 is 1.04 bits per heavy atom. The van der Waals surface area contributed by atoms with Crippen LogP contribution < -0.4 is 14.8 Å². The molecule has 3 aromatic rings. The van der Waals surface area contributed by atoms with Gasteiger partial charge >= 0.3 is 6.09 Å². The van der Waals surface area contributed by atoms with Crippen LogP contribution >= 0.6 is 0 Å². The van der Waals surface area contributed by atoms with Gasteiger partial charge in [0.2, 0.25) is 5.88 Å². The summed E-state index contributed by atoms with van der Waals surface area (Å²) < 4.78 is 12.1. The molecule has 24 heavy (non-hydrogen) atoms. The van der Waals surface area contributed by atoms with E-state index < -0.39 is 6.09 Å². The molecule has 3 rings (SSSR count). The number of nitrogens with zero attached hydrogens (tertiary/aromatic N) is 3. The molecule has 0 N–H and O–H groups in total. The SMILES string of the molecule is COc1c/c(=N\C(=O)Oc2ccccc2)cnn1-c1ccccc1. The number of aromatic nitrogens is 2. The minimum Gasteiger partial charge on any atom is -0.481 e. The average molecular weight is 321 g/mol. The van der Waals surface area contributed by atoms with Gasteiger partial charge < -0.3 is 9.47 Å². The van der Waals surface area contributed by atoms with Crippen molar-refractivity contribution >= 4 is 6.09 Å². The molecule has 1 heterocycles. The van der Waals surface area contributed by atoms with Crippen LogP contribution in [0.1, 0.15) is 0 Å². The first-order valence-corrected chi connectivity index (χ1v) is 7.26. The van der Waals surface area contributed by atoms with Crippen LogP contribution in [0.2, 0.25) is 0 Å². The smallest absolute Gasteiger partial charge is 0.439 e. The van der Waals surface area contributed by atoms with E-state index in [-0.39, 0.29) is 0 Å². The summed E-state index contributed by atoms with van der Waals surface area (Å²) in [5, 5.41) is 4.62. The lowest BCUT2D eigenvalue weighted by Crippen LogP contribution is -2.15. The molecular formula is C18H15N3O3. The Morgan fingerprint density at radius 2 is 1.71 bits per heavy atom. The third-order valence-electron chi connectivity index (χ3n) is 3.16. The number of methoxy groups -OCH3 is 1. The first-order valence-electron chi connectivity index (χ1n) is 7.26. The van der Waals surface area contributed by atoms with Crippen molar-refractivity contribution in [3.05, 3.63) is 78.3 Å². The maximum Gasteiger partial charge on any atom is 0.439 e. The third kappa shape index (κ3) is 3.67. The van der Waals surface area contributed by atoms with Crippen molar-refractivity contribution in [1.29, 1.82) is 0 Å². The number of amides is 1. The van der Waals surface area contributed by atoms with Gasteiger partial charge in [-0.25, -0.2) is 9.48 Å². The third-order valence-corrected chi connectivity index (χ3v) is 3.16. The number of carbonyl (C=O) groups excluding carboxylic acids is 1. The Labute approximate surface area is 138 Å². The molecule has 6 heteroatoms. The normalized spacial score (nSPS) is 11.1. The molecule has 0 radical (unpaired) electrons. The minimum atomic E-state index is -0.720. The van der Waals surface area contributed by atoms with Gasteiger partial charge in [0.25, 0.3) is 0 Å². The highest BCUT2D eigenvalue weighted by Crippen LogP contribution is 2.13. The van der Waals surface area contributed by atoms with Crippen molar-refractivity contribution in [2.75, 3.05) is 7.11 Å². The van der Waals surface area contributed by atoms with Crippen molar-refractivity contribution in [3.63, 3.8) is 0 Å². The van der Waals surface area contributed by atoms with E-state index in [1.54, 1.807) is 35.0 Å². The van der Waals surface area contributed by atoms with E-state index >= 15 is 0 Å². The lowest BCUT2D eigenvalue weighted by atomic mass is 10.3. The molecule has 120 valence electrons. The summed E-state index contributed by atoms with van der Waals surface area (Å²) >= 11 is 0. The van der Waals surface area contributed by atoms with E-state index in [0.29, 0.717) is 17.0 Å². The summed E-state index contributed by atoms with van der Waals surface area (Å²) in [5.74, 6) is 0.886. The van der Waals surface area contributed by atoms with Crippen LogP contribution in [0.15, 0.2) is 77.9 Å². The topological polar surface area (TPSA) is 65.7 Å². The predicted molar refractivity (Wildman–Crippen MR) is 88.1 cm³/mol. The first kappa shape index (κ1) is 15.5. The highest BCUT2D eigenvalue weighted by molar-refractivity contribution is 5.71. The Balaban J connectivity index is 1.88. The van der Waals surface area contributed by atoms with Gasteiger partial charge in [-0.1, -0.05) is 36.4 Å². The second-order valence-corrected chi connectivity index (χ2v) is 4.80. The highest BCUT2D eigenvalue weighted by Gasteiger charge is 2.06. The molecule has 1 aromatic heterocycles. The van der Waals surface area contributed by atoms with Crippen molar-refractivity contribution < 1.29 is 14.3 Å². The van der Waals surface area contributed by atoms with Crippen LogP contribution in [-0.2, 0) is 0 Å². The van der Waals surface area contributed by atoms with E-state index in [2.05, 4.69) is 10.1 Å². The zero-order chi connectivity index (χ0) is 16.8. The van der Waals surface area contributed by atoms with Gasteiger partial charge in [-0.15, -0.1) is 0 Å². The van der Waals surface area contributed by atoms with Crippen molar-refractivity contribution in [3.8, 4) is 17.3 Å². The Morgan fingerprint density at radius 3 is 2.38 bits per heavy atom. The number of ether oxygens (including phenoxy) is 2. The highest BCUT2D eigenvalue weighted by atomic mass is 16.5. The molecule has 0 saturated heterocycles. The summed E-state index contributed by atoms with van der Waals surface area (Å²) in [7, 11) is 1.53. The summed E-state index contributed by atoms with van der Waals surface area (Å²) in [6, 6.07) is 19.9. The molecule has 6 nitrogen and oxygen atoms in total. The van der Waals surface area contributed by atoms with E-state index in [9.17, 15) is 4.79 Å². The van der Waals surface area contributed by atoms with E-state index in [1.807, 2.05) is 36.4 Å². The molecule has 0 aliphatic carbocycles. The summed E-state index contributed by atoms with van der Waals surface area (Å²) in [5.41, 5.74) is 0.841. The van der Waals surface area contributed by atoms with Gasteiger partial charge in [-0.05, 0) is 24.3 Å². The second kappa shape index (κ2) is 7.23. The Hall–Kier alpha value is -3.41. The van der Waals surface area contributed by atoms with E-state index in [1.165, 1.54) is 13.3 Å². The molecule has 0 saturated carbocycles. The number of rotatable bonds is 3. The average Bonchev–Trinajstić information content (AvgIpc) is 2.63. The molecule has 2 aromatic carbocycles. The van der Waals surface area contributed by atoms with Gasteiger partial charge in [0.1, 0.15) is 5.75 Å². The van der Waals surface area contributed by atoms with Crippen molar-refractivity contribution in [2.45, 2.75) is 0 Å². The fourth-order valence-electron chi connectivity index (χ4n) is 2.09. The fourth-order valence-corrected chi connectivity index (χ4v) is 2.09. The predicted octanol–water partition coefficient (Wildman–Crippen LogP) is 2.98. The molecule has 0 unspecified atom stereocenters. The first-order chi connectivity index (χ1) is 11.8. The van der Waals surface area contributed by atoms with Crippen LogP contribution in [0.4, 0.5) is 4.79 Å². The molecule has 0 aliphatic heterocycles. The molecule has 0 aliphatic rings. The lowest BCUT2D eigenvalue weighted by molar-refractivity contribution is 0.210. The summed E-state index contributed by atoms with van der Waals surface area (Å²) in [6.07, 6.45) is 0.754. The maximum atomic E-state index is 11.9. The van der Waals surface area contributed by atoms with E-state index in [0.717, 1.165) is 5.69 Å². The summed E-state index contributed by atoms with van der Waals surface area (Å²) in [4.78, 5) is 15.8. The monoisotopic (exact) mass is 321 g/mol. The second-order valence-electron chi connectivity index (χ2n) is 4.80. The van der Waals surface area contributed by atoms with Crippen LogP contribution in [0, 0.1) is 0 Å². The number of carbonyl (C=O) groups is 1. The summed E-state index contributed by atoms with van der Waals surface area (Å²) in [6.45, 7) is 0. The molecule has 1 amide bonds. The van der Waals surface area contributed by atoms with Gasteiger partial charge in [0.15, 0.2) is 0 Å². The van der Waals surface area contributed by atoms with Gasteiger partial charge in [0.05, 0.1) is 24.4 Å². The van der Waals surface area contributed by atoms with Gasteiger partial charge in [-0.2, -0.15) is 10.1 Å². The standard InChI is InChI=1S/C18H15N3O3/c1-23-17-12-14(13-19-21(17)15-8-4-2-5-9-15)20-18(22)24-16-10-6-3-7-11-16/h2-13H,1H3/b20-14+. The Bertz CT molecular complexity index is 890. The largest absolute Gasteiger partial charge is 0.481 e. The molecule has 0 spiro atoms. The van der Waals surface area contributed by atoms with E-state index in [4.69, 9.17) is 9.47 Å². The quantitative estimate of drug-likeness (QED) is 0.744. The van der Waals surface area contributed by atoms with Crippen LogP contribution in [0.25, 0.3) is 5.69 Å². The molecular weight excluding hydrogens is 306 g/mol. The zero-order valence-corrected chi connectivity index (χ0v) is 13.0. The van der Waals surface area contributed by atoms with Crippen LogP contribution in [0.3, 0.4) is 0 Å². The Kier molecular flexibility index (Phi) is 4.67. The van der Waals surface area contributed by atoms with Crippen molar-refractivity contribution in [1.82, 2.24) is 9.78 Å². The number of hydrogen-bond donors (Lipinski definition) is 0. The fraction of sp³-hybridized carbons (Fsp3) is 0.0556. The minimum absolute atomic E-state index is 0.347. The van der Waals surface area contributed by atoms with Crippen molar-refractivity contribution in [2.24, 2.45) is 4.99 Å². The lowest BCUT2D eigenvalue weighted by Gasteiger charge is -2.10. The number of hydrogen-bond acceptors (Lipinski definition) is 4. The van der Waals surface area contributed by atoms with Crippen LogP contribution in [0.5, 0.6) is 11.6 Å². The van der Waals surface area contributed by atoms with Crippen LogP contribution in [-0.4, -0.2) is 23.0 Å². The number of para-hydroxylation sites is 2. The molecule has 0 atom stereocenters. The maximum absolute atomic E-state index is 11.9. The molecule has 0 bridgehead atoms. The molecule has 0 fully saturated rings. The number of benzene rings is 2.